The van der Waals surface area contributed by atoms with E-state index in [9.17, 15) is 0 Å². The summed E-state index contributed by atoms with van der Waals surface area (Å²) in [6.07, 6.45) is 2.01. The highest BCUT2D eigenvalue weighted by Crippen LogP contribution is 2.19. The maximum atomic E-state index is 5.43. The van der Waals surface area contributed by atoms with Crippen LogP contribution in [0.1, 0.15) is 24.1 Å². The second kappa shape index (κ2) is 5.41. The fourth-order valence-corrected chi connectivity index (χ4v) is 1.47. The molecule has 0 radical (unpaired) electrons. The van der Waals surface area contributed by atoms with Gasteiger partial charge in [0.1, 0.15) is 17.5 Å². The quantitative estimate of drug-likeness (QED) is 0.522. The Morgan fingerprint density at radius 3 is 2.67 bits per heavy atom. The van der Waals surface area contributed by atoms with Crippen LogP contribution in [-0.4, -0.2) is 20.1 Å². The number of nitrogen functional groups attached to an aromatic ring is 1. The first kappa shape index (κ1) is 12.2. The maximum Gasteiger partial charge on any atom is 0.213 e. The highest BCUT2D eigenvalue weighted by molar-refractivity contribution is 5.56. The Morgan fingerprint density at radius 1 is 1.28 bits per heavy atom. The van der Waals surface area contributed by atoms with Crippen LogP contribution in [0, 0.1) is 6.92 Å². The first-order valence-corrected chi connectivity index (χ1v) is 5.57. The topological polar surface area (TPSA) is 115 Å². The Bertz CT molecular complexity index is 511. The highest BCUT2D eigenvalue weighted by Gasteiger charge is 2.09. The van der Waals surface area contributed by atoms with E-state index < -0.39 is 0 Å². The van der Waals surface area contributed by atoms with Gasteiger partial charge in [-0.1, -0.05) is 12.1 Å². The summed E-state index contributed by atoms with van der Waals surface area (Å²) in [4.78, 5) is 12.6. The van der Waals surface area contributed by atoms with E-state index in [1.54, 1.807) is 0 Å². The van der Waals surface area contributed by atoms with E-state index >= 15 is 0 Å². The van der Waals surface area contributed by atoms with Crippen molar-refractivity contribution in [2.45, 2.75) is 26.8 Å². The normalized spacial score (nSPS) is 10.4. The minimum Gasteiger partial charge on any atom is -0.362 e. The summed E-state index contributed by atoms with van der Waals surface area (Å²) in [5, 5.41) is 6.85. The molecule has 96 valence electrons. The summed E-state index contributed by atoms with van der Waals surface area (Å²) >= 11 is 0. The predicted octanol–water partition coefficient (Wildman–Crippen LogP) is 0.628. The van der Waals surface area contributed by atoms with Crippen LogP contribution in [0.3, 0.4) is 0 Å². The second-order valence-electron chi connectivity index (χ2n) is 3.66. The first-order chi connectivity index (χ1) is 8.74. The molecule has 2 heterocycles. The van der Waals surface area contributed by atoms with Crippen molar-refractivity contribution in [2.75, 3.05) is 10.7 Å². The van der Waals surface area contributed by atoms with Crippen LogP contribution >= 0.6 is 0 Å². The number of aromatic nitrogens is 4. The van der Waals surface area contributed by atoms with Crippen molar-refractivity contribution < 1.29 is 4.52 Å². The SMILES string of the molecule is CCc1nc(NN)c(C)c(NCc2ncon2)n1. The van der Waals surface area contributed by atoms with Crippen LogP contribution in [-0.2, 0) is 13.0 Å². The van der Waals surface area contributed by atoms with Crippen LogP contribution in [0.2, 0.25) is 0 Å². The molecule has 0 amide bonds. The molecular weight excluding hydrogens is 234 g/mol. The molecule has 0 spiro atoms. The van der Waals surface area contributed by atoms with Gasteiger partial charge in [-0.05, 0) is 6.92 Å². The molecule has 18 heavy (non-hydrogen) atoms. The molecule has 8 nitrogen and oxygen atoms in total. The van der Waals surface area contributed by atoms with Crippen molar-refractivity contribution in [2.24, 2.45) is 5.84 Å². The van der Waals surface area contributed by atoms with Gasteiger partial charge in [-0.15, -0.1) is 0 Å². The fourth-order valence-electron chi connectivity index (χ4n) is 1.47. The monoisotopic (exact) mass is 249 g/mol. The van der Waals surface area contributed by atoms with Gasteiger partial charge in [0, 0.05) is 12.0 Å². The molecule has 4 N–H and O–H groups in total. The molecule has 2 aromatic heterocycles. The molecule has 8 heteroatoms. The molecule has 2 aromatic rings. The molecule has 0 aliphatic carbocycles. The third-order valence-electron chi connectivity index (χ3n) is 2.47. The van der Waals surface area contributed by atoms with Crippen molar-refractivity contribution in [1.29, 1.82) is 0 Å². The van der Waals surface area contributed by atoms with Gasteiger partial charge < -0.3 is 15.3 Å². The summed E-state index contributed by atoms with van der Waals surface area (Å²) in [5.74, 6) is 8.02. The van der Waals surface area contributed by atoms with Crippen molar-refractivity contribution in [3.8, 4) is 0 Å². The van der Waals surface area contributed by atoms with Gasteiger partial charge in [0.2, 0.25) is 6.39 Å². The van der Waals surface area contributed by atoms with Crippen molar-refractivity contribution >= 4 is 11.6 Å². The Balaban J connectivity index is 2.20. The molecular formula is C10H15N7O. The number of hydrogen-bond donors (Lipinski definition) is 3. The predicted molar refractivity (Wildman–Crippen MR) is 65.6 cm³/mol. The van der Waals surface area contributed by atoms with E-state index in [1.807, 2.05) is 13.8 Å². The molecule has 0 unspecified atom stereocenters. The summed E-state index contributed by atoms with van der Waals surface area (Å²) in [7, 11) is 0. The third kappa shape index (κ3) is 2.54. The second-order valence-corrected chi connectivity index (χ2v) is 3.66. The Hall–Kier alpha value is -2.22. The fraction of sp³-hybridized carbons (Fsp3) is 0.400. The lowest BCUT2D eigenvalue weighted by atomic mass is 10.3. The van der Waals surface area contributed by atoms with E-state index in [2.05, 4.69) is 35.4 Å². The lowest BCUT2D eigenvalue weighted by molar-refractivity contribution is 0.411. The standard InChI is InChI=1S/C10H15N7O/c1-3-7-14-9(6(2)10(15-7)16-11)12-4-8-13-5-18-17-8/h5H,3-4,11H2,1-2H3,(H2,12,14,15,16). The average Bonchev–Trinajstić information content (AvgIpc) is 2.90. The summed E-state index contributed by atoms with van der Waals surface area (Å²) < 4.78 is 4.66. The number of rotatable bonds is 5. The van der Waals surface area contributed by atoms with Crippen LogP contribution in [0.4, 0.5) is 11.6 Å². The number of nitrogens with two attached hydrogens (primary N) is 1. The van der Waals surface area contributed by atoms with E-state index in [0.29, 0.717) is 29.8 Å². The van der Waals surface area contributed by atoms with Crippen molar-refractivity contribution in [3.05, 3.63) is 23.6 Å². The van der Waals surface area contributed by atoms with Gasteiger partial charge in [0.05, 0.1) is 6.54 Å². The molecule has 0 aliphatic rings. The molecule has 0 bridgehead atoms. The number of nitrogens with zero attached hydrogens (tertiary/aromatic N) is 4. The van der Waals surface area contributed by atoms with E-state index in [1.165, 1.54) is 6.39 Å². The number of hydrogen-bond acceptors (Lipinski definition) is 8. The third-order valence-corrected chi connectivity index (χ3v) is 2.47. The number of aryl methyl sites for hydroxylation is 1. The number of anilines is 2. The zero-order valence-corrected chi connectivity index (χ0v) is 10.3. The van der Waals surface area contributed by atoms with Gasteiger partial charge in [-0.3, -0.25) is 0 Å². The van der Waals surface area contributed by atoms with E-state index in [0.717, 1.165) is 12.0 Å². The average molecular weight is 249 g/mol. The van der Waals surface area contributed by atoms with Gasteiger partial charge in [0.15, 0.2) is 5.82 Å². The molecule has 2 rings (SSSR count). The smallest absolute Gasteiger partial charge is 0.213 e. The van der Waals surface area contributed by atoms with Crippen LogP contribution in [0.5, 0.6) is 0 Å². The van der Waals surface area contributed by atoms with Crippen LogP contribution in [0.25, 0.3) is 0 Å². The zero-order chi connectivity index (χ0) is 13.0. The Labute approximate surface area is 104 Å². The van der Waals surface area contributed by atoms with Gasteiger partial charge in [0.25, 0.3) is 0 Å². The first-order valence-electron chi connectivity index (χ1n) is 5.57. The van der Waals surface area contributed by atoms with Gasteiger partial charge in [-0.2, -0.15) is 4.98 Å². The van der Waals surface area contributed by atoms with Crippen molar-refractivity contribution in [3.63, 3.8) is 0 Å². The summed E-state index contributed by atoms with van der Waals surface area (Å²) in [6.45, 7) is 4.29. The molecule has 0 aliphatic heterocycles. The maximum absolute atomic E-state index is 5.43. The van der Waals surface area contributed by atoms with Crippen LogP contribution in [0.15, 0.2) is 10.9 Å². The molecule has 0 fully saturated rings. The molecule has 0 saturated heterocycles. The molecule has 0 aromatic carbocycles. The largest absolute Gasteiger partial charge is 0.362 e. The van der Waals surface area contributed by atoms with E-state index in [4.69, 9.17) is 5.84 Å². The van der Waals surface area contributed by atoms with Crippen LogP contribution < -0.4 is 16.6 Å². The number of hydrazine groups is 1. The minimum atomic E-state index is 0.432. The van der Waals surface area contributed by atoms with Gasteiger partial charge in [-0.25, -0.2) is 15.8 Å². The highest BCUT2D eigenvalue weighted by atomic mass is 16.5. The summed E-state index contributed by atoms with van der Waals surface area (Å²) in [5.41, 5.74) is 3.41. The van der Waals surface area contributed by atoms with Gasteiger partial charge >= 0.3 is 0 Å². The minimum absolute atomic E-state index is 0.432. The Kier molecular flexibility index (Phi) is 3.68. The Morgan fingerprint density at radius 2 is 2.06 bits per heavy atom. The summed E-state index contributed by atoms with van der Waals surface area (Å²) in [6, 6.07) is 0. The zero-order valence-electron chi connectivity index (χ0n) is 10.3. The lowest BCUT2D eigenvalue weighted by Crippen LogP contribution is -2.15. The van der Waals surface area contributed by atoms with Crippen molar-refractivity contribution in [1.82, 2.24) is 20.1 Å². The lowest BCUT2D eigenvalue weighted by Gasteiger charge is -2.12. The molecule has 0 saturated carbocycles. The van der Waals surface area contributed by atoms with E-state index in [-0.39, 0.29) is 0 Å². The number of nitrogens with one attached hydrogen (secondary N) is 2. The molecule has 0 atom stereocenters.